The summed E-state index contributed by atoms with van der Waals surface area (Å²) in [5, 5.41) is 23.0. The summed E-state index contributed by atoms with van der Waals surface area (Å²) in [5.74, 6) is -0.0756. The Hall–Kier alpha value is -2.44. The van der Waals surface area contributed by atoms with Crippen LogP contribution in [0.25, 0.3) is 0 Å². The number of nitrogens with one attached hydrogen (secondary N) is 1. The summed E-state index contributed by atoms with van der Waals surface area (Å²) in [6.07, 6.45) is 78.3. The van der Waals surface area contributed by atoms with Crippen LogP contribution in [0.3, 0.4) is 0 Å². The molecule has 0 aliphatic carbocycles. The first-order valence-corrected chi connectivity index (χ1v) is 31.1. The van der Waals surface area contributed by atoms with E-state index in [1.807, 2.05) is 6.08 Å². The van der Waals surface area contributed by atoms with E-state index in [0.717, 1.165) is 57.8 Å². The Morgan fingerprint density at radius 2 is 0.704 bits per heavy atom. The van der Waals surface area contributed by atoms with Crippen LogP contribution in [0.4, 0.5) is 0 Å². The van der Waals surface area contributed by atoms with Crippen LogP contribution in [-0.2, 0) is 14.3 Å². The van der Waals surface area contributed by atoms with E-state index in [2.05, 4.69) is 67.8 Å². The third-order valence-corrected chi connectivity index (χ3v) is 14.0. The number of carbonyl (C=O) groups is 2. The van der Waals surface area contributed by atoms with E-state index < -0.39 is 12.1 Å². The van der Waals surface area contributed by atoms with Gasteiger partial charge in [0.1, 0.15) is 0 Å². The molecule has 0 spiro atoms. The highest BCUT2D eigenvalue weighted by molar-refractivity contribution is 5.76. The van der Waals surface area contributed by atoms with Crippen LogP contribution in [0.1, 0.15) is 316 Å². The van der Waals surface area contributed by atoms with E-state index >= 15 is 0 Å². The molecule has 6 heteroatoms. The number of carbonyl (C=O) groups excluding carboxylic acids is 2. The van der Waals surface area contributed by atoms with E-state index in [1.165, 1.54) is 231 Å². The molecule has 0 fully saturated rings. The number of hydrogen-bond donors (Lipinski definition) is 3. The van der Waals surface area contributed by atoms with Crippen LogP contribution in [0.15, 0.2) is 60.8 Å². The minimum atomic E-state index is -0.848. The summed E-state index contributed by atoms with van der Waals surface area (Å²) in [5.41, 5.74) is 0. The van der Waals surface area contributed by atoms with Gasteiger partial charge in [-0.3, -0.25) is 9.59 Å². The lowest BCUT2D eigenvalue weighted by Gasteiger charge is -2.20. The van der Waals surface area contributed by atoms with Gasteiger partial charge in [0.2, 0.25) is 5.91 Å². The number of allylic oxidation sites excluding steroid dienone is 9. The molecule has 2 atom stereocenters. The molecule has 6 nitrogen and oxygen atoms in total. The predicted molar refractivity (Wildman–Crippen MR) is 310 cm³/mol. The molecule has 2 unspecified atom stereocenters. The lowest BCUT2D eigenvalue weighted by atomic mass is 10.0. The number of amides is 1. The highest BCUT2D eigenvalue weighted by Crippen LogP contribution is 2.16. The zero-order valence-corrected chi connectivity index (χ0v) is 47.2. The zero-order chi connectivity index (χ0) is 51.4. The lowest BCUT2D eigenvalue weighted by Crippen LogP contribution is -2.45. The third kappa shape index (κ3) is 56.7. The molecule has 414 valence electrons. The number of hydrogen-bond acceptors (Lipinski definition) is 5. The highest BCUT2D eigenvalue weighted by Gasteiger charge is 2.18. The molecule has 0 aromatic heterocycles. The fourth-order valence-corrected chi connectivity index (χ4v) is 9.22. The Balaban J connectivity index is 3.44. The summed E-state index contributed by atoms with van der Waals surface area (Å²) in [6, 6.07) is -0.632. The first-order valence-electron chi connectivity index (χ1n) is 31.1. The average Bonchev–Trinajstić information content (AvgIpc) is 3.37. The molecule has 1 amide bonds. The van der Waals surface area contributed by atoms with Gasteiger partial charge in [-0.15, -0.1) is 0 Å². The number of esters is 1. The van der Waals surface area contributed by atoms with Crippen LogP contribution in [0.5, 0.6) is 0 Å². The SMILES string of the molecule is CCCCCC/C=C\C/C=C\CCCCCCCCCC(=O)OCCCCCCCCCCC/C=C\C/C=C\CCCCCCCCCCCC(=O)NC(CO)C(O)/C=C/CCCCCCCCCCC. The van der Waals surface area contributed by atoms with Crippen molar-refractivity contribution < 1.29 is 24.5 Å². The second-order valence-corrected chi connectivity index (χ2v) is 21.0. The van der Waals surface area contributed by atoms with Crippen molar-refractivity contribution in [3.8, 4) is 0 Å². The molecule has 0 rings (SSSR count). The molecule has 0 bridgehead atoms. The van der Waals surface area contributed by atoms with E-state index in [-0.39, 0.29) is 18.5 Å². The van der Waals surface area contributed by atoms with Crippen molar-refractivity contribution in [2.75, 3.05) is 13.2 Å². The van der Waals surface area contributed by atoms with Crippen LogP contribution in [-0.4, -0.2) is 47.4 Å². The lowest BCUT2D eigenvalue weighted by molar-refractivity contribution is -0.143. The first-order chi connectivity index (χ1) is 35.0. The summed E-state index contributed by atoms with van der Waals surface area (Å²) in [7, 11) is 0. The number of aliphatic hydroxyl groups is 2. The molecule has 0 saturated heterocycles. The number of ether oxygens (including phenoxy) is 1. The largest absolute Gasteiger partial charge is 0.466 e. The van der Waals surface area contributed by atoms with Crippen molar-refractivity contribution in [3.05, 3.63) is 60.8 Å². The number of aliphatic hydroxyl groups excluding tert-OH is 2. The zero-order valence-electron chi connectivity index (χ0n) is 47.2. The Morgan fingerprint density at radius 1 is 0.394 bits per heavy atom. The van der Waals surface area contributed by atoms with Gasteiger partial charge < -0.3 is 20.3 Å². The van der Waals surface area contributed by atoms with Gasteiger partial charge in [0.25, 0.3) is 0 Å². The van der Waals surface area contributed by atoms with E-state index in [0.29, 0.717) is 19.4 Å². The van der Waals surface area contributed by atoms with Crippen LogP contribution in [0, 0.1) is 0 Å². The molecule has 71 heavy (non-hydrogen) atoms. The summed E-state index contributed by atoms with van der Waals surface area (Å²) < 4.78 is 5.49. The summed E-state index contributed by atoms with van der Waals surface area (Å²) in [6.45, 7) is 4.86. The molecule has 3 N–H and O–H groups in total. The van der Waals surface area contributed by atoms with Gasteiger partial charge >= 0.3 is 5.97 Å². The van der Waals surface area contributed by atoms with Crippen LogP contribution < -0.4 is 5.32 Å². The Kier molecular flexibility index (Phi) is 58.1. The van der Waals surface area contributed by atoms with Crippen molar-refractivity contribution in [3.63, 3.8) is 0 Å². The monoisotopic (exact) mass is 994 g/mol. The van der Waals surface area contributed by atoms with Gasteiger partial charge in [0, 0.05) is 12.8 Å². The van der Waals surface area contributed by atoms with Gasteiger partial charge in [-0.25, -0.2) is 0 Å². The quantitative estimate of drug-likeness (QED) is 0.0321. The number of unbranched alkanes of at least 4 members (excludes halogenated alkanes) is 38. The molecule has 0 radical (unpaired) electrons. The average molecular weight is 995 g/mol. The van der Waals surface area contributed by atoms with Gasteiger partial charge in [-0.1, -0.05) is 267 Å². The molecule has 0 aromatic rings. The maximum absolute atomic E-state index is 12.4. The smallest absolute Gasteiger partial charge is 0.305 e. The van der Waals surface area contributed by atoms with E-state index in [1.54, 1.807) is 6.08 Å². The second kappa shape index (κ2) is 60.1. The maximum atomic E-state index is 12.4. The molecule has 0 saturated carbocycles. The molecule has 0 aliphatic heterocycles. The van der Waals surface area contributed by atoms with E-state index in [9.17, 15) is 19.8 Å². The topological polar surface area (TPSA) is 95.9 Å². The van der Waals surface area contributed by atoms with Crippen molar-refractivity contribution in [1.82, 2.24) is 5.32 Å². The Bertz CT molecular complexity index is 1240. The van der Waals surface area contributed by atoms with Gasteiger partial charge in [-0.05, 0) is 96.3 Å². The van der Waals surface area contributed by atoms with Crippen LogP contribution in [0.2, 0.25) is 0 Å². The Morgan fingerprint density at radius 3 is 1.08 bits per heavy atom. The second-order valence-electron chi connectivity index (χ2n) is 21.0. The Labute approximate surface area is 441 Å². The minimum Gasteiger partial charge on any atom is -0.466 e. The van der Waals surface area contributed by atoms with Gasteiger partial charge in [-0.2, -0.15) is 0 Å². The molecule has 0 heterocycles. The third-order valence-electron chi connectivity index (χ3n) is 14.0. The normalized spacial score (nSPS) is 13.0. The number of rotatable bonds is 57. The fraction of sp³-hybridized carbons (Fsp3) is 0.815. The fourth-order valence-electron chi connectivity index (χ4n) is 9.22. The summed E-state index contributed by atoms with van der Waals surface area (Å²) >= 11 is 0. The van der Waals surface area contributed by atoms with E-state index in [4.69, 9.17) is 4.74 Å². The molecular weight excluding hydrogens is 875 g/mol. The molecular formula is C65H119NO5. The van der Waals surface area contributed by atoms with Crippen molar-refractivity contribution in [1.29, 1.82) is 0 Å². The van der Waals surface area contributed by atoms with Gasteiger partial charge in [0.05, 0.1) is 25.4 Å². The minimum absolute atomic E-state index is 0.000538. The predicted octanol–water partition coefficient (Wildman–Crippen LogP) is 19.5. The highest BCUT2D eigenvalue weighted by atomic mass is 16.5. The van der Waals surface area contributed by atoms with Crippen molar-refractivity contribution in [2.45, 2.75) is 328 Å². The van der Waals surface area contributed by atoms with Crippen molar-refractivity contribution >= 4 is 11.9 Å². The standard InChI is InChI=1S/C65H119NO5/c1-3-5-7-9-11-13-15-16-17-18-29-32-35-39-43-47-51-55-59-65(70)71-60-56-52-48-44-40-36-33-30-27-25-23-21-19-20-22-24-26-28-31-34-38-42-46-50-54-58-64(69)66-62(61-67)63(68)57-53-49-45-41-37-14-12-10-8-6-4-2/h13,15,17-18,20-23,53,57,62-63,67-68H,3-12,14,16,19,24-52,54-56,58-61H2,1-2H3,(H,66,69)/b15-13-,18-17-,22-20-,23-21-,57-53+. The first kappa shape index (κ1) is 68.6. The molecule has 0 aliphatic rings. The van der Waals surface area contributed by atoms with Gasteiger partial charge in [0.15, 0.2) is 0 Å². The molecule has 0 aromatic carbocycles. The van der Waals surface area contributed by atoms with Crippen molar-refractivity contribution in [2.24, 2.45) is 0 Å². The maximum Gasteiger partial charge on any atom is 0.305 e. The summed E-state index contributed by atoms with van der Waals surface area (Å²) in [4.78, 5) is 24.5. The van der Waals surface area contributed by atoms with Crippen LogP contribution >= 0.6 is 0 Å².